The molecule has 0 amide bonds. The normalized spacial score (nSPS) is 11.7. The summed E-state index contributed by atoms with van der Waals surface area (Å²) in [6.07, 6.45) is 0. The largest absolute Gasteiger partial charge is 0.495 e. The summed E-state index contributed by atoms with van der Waals surface area (Å²) in [5, 5.41) is 0.581. The Bertz CT molecular complexity index is 1330. The lowest BCUT2D eigenvalue weighted by molar-refractivity contribution is 0.414. The minimum absolute atomic E-state index is 0.0420. The van der Waals surface area contributed by atoms with Gasteiger partial charge < -0.3 is 4.74 Å². The third-order valence-corrected chi connectivity index (χ3v) is 7.75. The topological polar surface area (TPSA) is 102 Å². The molecule has 0 aliphatic rings. The molecule has 164 valence electrons. The SMILES string of the molecule is COc1ccc(S(=O)(=O)Nc2ccc(S(=O)(=O)Nc3ccc(C)c(Cl)c3)cc2)cc1Cl. The zero-order valence-corrected chi connectivity index (χ0v) is 19.5. The Labute approximate surface area is 191 Å². The van der Waals surface area contributed by atoms with E-state index >= 15 is 0 Å². The molecule has 0 aromatic heterocycles. The van der Waals surface area contributed by atoms with Crippen molar-refractivity contribution in [3.63, 3.8) is 0 Å². The van der Waals surface area contributed by atoms with E-state index in [0.717, 1.165) is 5.56 Å². The van der Waals surface area contributed by atoms with Gasteiger partial charge in [-0.3, -0.25) is 9.44 Å². The minimum atomic E-state index is -3.94. The van der Waals surface area contributed by atoms with E-state index in [1.807, 2.05) is 0 Å². The lowest BCUT2D eigenvalue weighted by atomic mass is 10.2. The number of methoxy groups -OCH3 is 1. The number of ether oxygens (including phenoxy) is 1. The molecule has 0 aliphatic heterocycles. The zero-order chi connectivity index (χ0) is 22.8. The summed E-state index contributed by atoms with van der Waals surface area (Å²) in [4.78, 5) is -0.104. The zero-order valence-electron chi connectivity index (χ0n) is 16.4. The smallest absolute Gasteiger partial charge is 0.261 e. The van der Waals surface area contributed by atoms with Gasteiger partial charge in [-0.05, 0) is 67.1 Å². The van der Waals surface area contributed by atoms with E-state index in [1.54, 1.807) is 19.1 Å². The van der Waals surface area contributed by atoms with Crippen molar-refractivity contribution >= 4 is 54.6 Å². The first-order chi connectivity index (χ1) is 14.5. The van der Waals surface area contributed by atoms with Crippen LogP contribution in [0.2, 0.25) is 10.0 Å². The van der Waals surface area contributed by atoms with Gasteiger partial charge >= 0.3 is 0 Å². The van der Waals surface area contributed by atoms with Crippen molar-refractivity contribution in [2.75, 3.05) is 16.6 Å². The number of aryl methyl sites for hydroxylation is 1. The predicted octanol–water partition coefficient (Wildman–Crippen LogP) is 4.91. The minimum Gasteiger partial charge on any atom is -0.495 e. The summed E-state index contributed by atoms with van der Waals surface area (Å²) in [7, 11) is -6.40. The maximum absolute atomic E-state index is 12.6. The van der Waals surface area contributed by atoms with E-state index in [0.29, 0.717) is 16.5 Å². The molecule has 7 nitrogen and oxygen atoms in total. The van der Waals surface area contributed by atoms with Gasteiger partial charge in [0.25, 0.3) is 20.0 Å². The molecule has 0 unspecified atom stereocenters. The number of rotatable bonds is 7. The van der Waals surface area contributed by atoms with Crippen molar-refractivity contribution in [3.05, 3.63) is 76.3 Å². The monoisotopic (exact) mass is 500 g/mol. The van der Waals surface area contributed by atoms with Crippen LogP contribution in [0.1, 0.15) is 5.56 Å². The Morgan fingerprint density at radius 1 is 0.710 bits per heavy atom. The second kappa shape index (κ2) is 8.96. The fourth-order valence-electron chi connectivity index (χ4n) is 2.60. The highest BCUT2D eigenvalue weighted by Crippen LogP contribution is 2.28. The first kappa shape index (κ1) is 23.2. The van der Waals surface area contributed by atoms with E-state index in [4.69, 9.17) is 27.9 Å². The Morgan fingerprint density at radius 3 is 1.84 bits per heavy atom. The maximum Gasteiger partial charge on any atom is 0.261 e. The molecule has 3 aromatic carbocycles. The Balaban J connectivity index is 1.79. The van der Waals surface area contributed by atoms with Crippen LogP contribution in [0.4, 0.5) is 11.4 Å². The number of benzene rings is 3. The fourth-order valence-corrected chi connectivity index (χ4v) is 5.24. The third-order valence-electron chi connectivity index (χ3n) is 4.27. The highest BCUT2D eigenvalue weighted by molar-refractivity contribution is 7.93. The van der Waals surface area contributed by atoms with Crippen LogP contribution in [0.5, 0.6) is 5.75 Å². The van der Waals surface area contributed by atoms with Gasteiger partial charge in [0.05, 0.1) is 27.6 Å². The van der Waals surface area contributed by atoms with Crippen LogP contribution in [0, 0.1) is 6.92 Å². The maximum atomic E-state index is 12.6. The molecule has 0 saturated carbocycles. The first-order valence-corrected chi connectivity index (χ1v) is 12.5. The quantitative estimate of drug-likeness (QED) is 0.479. The van der Waals surface area contributed by atoms with Gasteiger partial charge in [0.1, 0.15) is 5.75 Å². The van der Waals surface area contributed by atoms with Crippen molar-refractivity contribution in [3.8, 4) is 5.75 Å². The molecule has 11 heteroatoms. The lowest BCUT2D eigenvalue weighted by Crippen LogP contribution is -2.14. The number of hydrogen-bond acceptors (Lipinski definition) is 5. The molecule has 0 aliphatic carbocycles. The number of halogens is 2. The van der Waals surface area contributed by atoms with Crippen molar-refractivity contribution in [1.82, 2.24) is 0 Å². The van der Waals surface area contributed by atoms with E-state index in [9.17, 15) is 16.8 Å². The molecule has 0 radical (unpaired) electrons. The number of sulfonamides is 2. The summed E-state index contributed by atoms with van der Waals surface area (Å²) in [6.45, 7) is 1.81. The van der Waals surface area contributed by atoms with Gasteiger partial charge in [0.15, 0.2) is 0 Å². The lowest BCUT2D eigenvalue weighted by Gasteiger charge is -2.12. The molecule has 0 spiro atoms. The van der Waals surface area contributed by atoms with Gasteiger partial charge in [0.2, 0.25) is 0 Å². The van der Waals surface area contributed by atoms with Gasteiger partial charge in [-0.1, -0.05) is 29.3 Å². The highest BCUT2D eigenvalue weighted by atomic mass is 35.5. The van der Waals surface area contributed by atoms with Gasteiger partial charge in [-0.15, -0.1) is 0 Å². The van der Waals surface area contributed by atoms with Gasteiger partial charge in [0, 0.05) is 10.7 Å². The number of hydrogen-bond donors (Lipinski definition) is 2. The molecule has 0 bridgehead atoms. The fraction of sp³-hybridized carbons (Fsp3) is 0.100. The molecule has 3 rings (SSSR count). The van der Waals surface area contributed by atoms with Crippen LogP contribution in [-0.2, 0) is 20.0 Å². The van der Waals surface area contributed by atoms with Crippen molar-refractivity contribution in [2.45, 2.75) is 16.7 Å². The second-order valence-corrected chi connectivity index (χ2v) is 10.7. The van der Waals surface area contributed by atoms with Crippen molar-refractivity contribution < 1.29 is 21.6 Å². The van der Waals surface area contributed by atoms with Crippen LogP contribution in [0.25, 0.3) is 0 Å². The molecule has 2 N–H and O–H groups in total. The van der Waals surface area contributed by atoms with E-state index in [-0.39, 0.29) is 20.5 Å². The predicted molar refractivity (Wildman–Crippen MR) is 122 cm³/mol. The Hall–Kier alpha value is -2.46. The van der Waals surface area contributed by atoms with E-state index in [1.165, 1.54) is 55.6 Å². The molecule has 3 aromatic rings. The molecule has 0 fully saturated rings. The average Bonchev–Trinajstić information content (AvgIpc) is 2.70. The molecule has 0 heterocycles. The molecular formula is C20H18Cl2N2O5S2. The number of anilines is 2. The Morgan fingerprint density at radius 2 is 1.26 bits per heavy atom. The van der Waals surface area contributed by atoms with Crippen LogP contribution >= 0.6 is 23.2 Å². The van der Waals surface area contributed by atoms with Crippen molar-refractivity contribution in [2.24, 2.45) is 0 Å². The second-order valence-electron chi connectivity index (χ2n) is 6.50. The average molecular weight is 501 g/mol. The standard InChI is InChI=1S/C20H18Cl2N2O5S2/c1-13-3-4-15(11-18(13)21)24-30(25,26)16-7-5-14(6-8-16)23-31(27,28)17-9-10-20(29-2)19(22)12-17/h3-12,23-24H,1-2H3. The molecule has 0 saturated heterocycles. The molecule has 0 atom stereocenters. The number of nitrogens with one attached hydrogen (secondary N) is 2. The summed E-state index contributed by atoms with van der Waals surface area (Å²) in [5.41, 5.74) is 1.32. The van der Waals surface area contributed by atoms with Gasteiger partial charge in [-0.25, -0.2) is 16.8 Å². The molecule has 31 heavy (non-hydrogen) atoms. The highest BCUT2D eigenvalue weighted by Gasteiger charge is 2.18. The molecular weight excluding hydrogens is 483 g/mol. The summed E-state index contributed by atoms with van der Waals surface area (Å²) >= 11 is 12.0. The third kappa shape index (κ3) is 5.43. The summed E-state index contributed by atoms with van der Waals surface area (Å²) in [5.74, 6) is 0.345. The first-order valence-electron chi connectivity index (χ1n) is 8.77. The van der Waals surface area contributed by atoms with Gasteiger partial charge in [-0.2, -0.15) is 0 Å². The van der Waals surface area contributed by atoms with Crippen LogP contribution in [-0.4, -0.2) is 23.9 Å². The van der Waals surface area contributed by atoms with Crippen LogP contribution in [0.3, 0.4) is 0 Å². The summed E-state index contributed by atoms with van der Waals surface area (Å²) < 4.78 is 60.2. The van der Waals surface area contributed by atoms with Crippen molar-refractivity contribution in [1.29, 1.82) is 0 Å². The van der Waals surface area contributed by atoms with E-state index in [2.05, 4.69) is 9.44 Å². The van der Waals surface area contributed by atoms with Crippen LogP contribution in [0.15, 0.2) is 70.5 Å². The van der Waals surface area contributed by atoms with E-state index < -0.39 is 20.0 Å². The van der Waals surface area contributed by atoms with Crippen LogP contribution < -0.4 is 14.2 Å². The summed E-state index contributed by atoms with van der Waals surface area (Å²) in [6, 6.07) is 14.1. The Kier molecular flexibility index (Phi) is 6.70.